The van der Waals surface area contributed by atoms with Gasteiger partial charge in [-0.25, -0.2) is 9.97 Å². The summed E-state index contributed by atoms with van der Waals surface area (Å²) >= 11 is 0. The van der Waals surface area contributed by atoms with Gasteiger partial charge in [0.15, 0.2) is 0 Å². The minimum absolute atomic E-state index is 0.126. The molecule has 0 radical (unpaired) electrons. The van der Waals surface area contributed by atoms with Crippen LogP contribution in [0.1, 0.15) is 66.0 Å². The van der Waals surface area contributed by atoms with E-state index in [2.05, 4.69) is 36.9 Å². The van der Waals surface area contributed by atoms with Crippen LogP contribution in [-0.4, -0.2) is 38.8 Å². The lowest BCUT2D eigenvalue weighted by atomic mass is 9.98. The predicted molar refractivity (Wildman–Crippen MR) is 110 cm³/mol. The highest BCUT2D eigenvalue weighted by molar-refractivity contribution is 5.73. The smallest absolute Gasteiger partial charge is 0.219 e. The molecule has 148 valence electrons. The van der Waals surface area contributed by atoms with Crippen LogP contribution in [0.15, 0.2) is 24.4 Å². The molecule has 0 aliphatic carbocycles. The molecule has 2 aliphatic heterocycles. The minimum atomic E-state index is 0.126. The highest BCUT2D eigenvalue weighted by Crippen LogP contribution is 2.31. The number of likely N-dealkylation sites (tertiary alicyclic amines) is 1. The largest absolute Gasteiger partial charge is 0.338 e. The van der Waals surface area contributed by atoms with Crippen molar-refractivity contribution in [3.05, 3.63) is 58.2 Å². The van der Waals surface area contributed by atoms with Crippen LogP contribution in [0, 0.1) is 13.8 Å². The van der Waals surface area contributed by atoms with Crippen LogP contribution in [0.4, 0.5) is 0 Å². The Morgan fingerprint density at radius 2 is 2.04 bits per heavy atom. The maximum atomic E-state index is 11.7. The van der Waals surface area contributed by atoms with Gasteiger partial charge in [-0.05, 0) is 49.9 Å². The van der Waals surface area contributed by atoms with E-state index in [-0.39, 0.29) is 11.9 Å². The number of piperidine rings is 1. The molecule has 5 nitrogen and oxygen atoms in total. The third-order valence-electron chi connectivity index (χ3n) is 6.27. The van der Waals surface area contributed by atoms with E-state index in [1.165, 1.54) is 29.5 Å². The molecule has 1 aromatic carbocycles. The zero-order valence-corrected chi connectivity index (χ0v) is 17.2. The van der Waals surface area contributed by atoms with E-state index < -0.39 is 0 Å². The fourth-order valence-corrected chi connectivity index (χ4v) is 4.37. The van der Waals surface area contributed by atoms with Gasteiger partial charge < -0.3 is 4.90 Å². The molecule has 5 heteroatoms. The van der Waals surface area contributed by atoms with Crippen molar-refractivity contribution < 1.29 is 4.79 Å². The number of aryl methyl sites for hydroxylation is 2. The van der Waals surface area contributed by atoms with Crippen LogP contribution < -0.4 is 0 Å². The van der Waals surface area contributed by atoms with Crippen molar-refractivity contribution in [2.75, 3.05) is 13.1 Å². The van der Waals surface area contributed by atoms with Crippen molar-refractivity contribution in [2.45, 2.75) is 65.6 Å². The van der Waals surface area contributed by atoms with E-state index in [1.54, 1.807) is 6.92 Å². The van der Waals surface area contributed by atoms with Crippen LogP contribution in [0.25, 0.3) is 0 Å². The Labute approximate surface area is 167 Å². The Bertz CT molecular complexity index is 879. The number of carbonyl (C=O) groups excluding carboxylic acids is 1. The van der Waals surface area contributed by atoms with E-state index in [0.717, 1.165) is 49.6 Å². The van der Waals surface area contributed by atoms with Gasteiger partial charge in [-0.15, -0.1) is 0 Å². The first-order chi connectivity index (χ1) is 13.5. The lowest BCUT2D eigenvalue weighted by molar-refractivity contribution is -0.129. The first-order valence-corrected chi connectivity index (χ1v) is 10.4. The summed E-state index contributed by atoms with van der Waals surface area (Å²) in [5.74, 6) is 1.08. The number of nitrogens with zero attached hydrogens (tertiary/aromatic N) is 4. The first kappa shape index (κ1) is 19.1. The average Bonchev–Trinajstić information content (AvgIpc) is 2.70. The molecule has 2 aromatic rings. The van der Waals surface area contributed by atoms with E-state index >= 15 is 0 Å². The molecule has 3 heterocycles. The number of hydrogen-bond donors (Lipinski definition) is 0. The molecule has 1 fully saturated rings. The van der Waals surface area contributed by atoms with E-state index in [4.69, 9.17) is 9.97 Å². The van der Waals surface area contributed by atoms with Crippen LogP contribution >= 0.6 is 0 Å². The number of carbonyl (C=O) groups is 1. The minimum Gasteiger partial charge on any atom is -0.338 e. The molecule has 28 heavy (non-hydrogen) atoms. The van der Waals surface area contributed by atoms with Crippen LogP contribution in [0.2, 0.25) is 0 Å². The monoisotopic (exact) mass is 378 g/mol. The Kier molecular flexibility index (Phi) is 5.44. The summed E-state index contributed by atoms with van der Waals surface area (Å²) in [5.41, 5.74) is 6.29. The molecule has 1 aromatic heterocycles. The molecular formula is C23H30N4O. The van der Waals surface area contributed by atoms with Crippen LogP contribution in [0.5, 0.6) is 0 Å². The zero-order valence-electron chi connectivity index (χ0n) is 17.2. The molecule has 1 unspecified atom stereocenters. The summed E-state index contributed by atoms with van der Waals surface area (Å²) in [6.07, 6.45) is 6.36. The molecule has 1 amide bonds. The molecule has 1 saturated heterocycles. The summed E-state index contributed by atoms with van der Waals surface area (Å²) < 4.78 is 0. The normalized spacial score (nSPS) is 20.1. The van der Waals surface area contributed by atoms with Crippen molar-refractivity contribution >= 4 is 5.91 Å². The molecule has 2 aliphatic rings. The average molecular weight is 379 g/mol. The molecule has 0 N–H and O–H groups in total. The maximum Gasteiger partial charge on any atom is 0.219 e. The fourth-order valence-electron chi connectivity index (χ4n) is 4.37. The van der Waals surface area contributed by atoms with Crippen molar-refractivity contribution in [3.8, 4) is 0 Å². The second kappa shape index (κ2) is 8.00. The highest BCUT2D eigenvalue weighted by atomic mass is 16.2. The zero-order chi connectivity index (χ0) is 19.7. The van der Waals surface area contributed by atoms with E-state index in [1.807, 2.05) is 11.1 Å². The van der Waals surface area contributed by atoms with Gasteiger partial charge >= 0.3 is 0 Å². The summed E-state index contributed by atoms with van der Waals surface area (Å²) in [6, 6.07) is 7.06. The predicted octanol–water partition coefficient (Wildman–Crippen LogP) is 3.73. The fraction of sp³-hybridized carbons (Fsp3) is 0.522. The van der Waals surface area contributed by atoms with Gasteiger partial charge in [0.1, 0.15) is 5.82 Å². The summed E-state index contributed by atoms with van der Waals surface area (Å²) in [7, 11) is 0. The summed E-state index contributed by atoms with van der Waals surface area (Å²) in [4.78, 5) is 25.8. The standard InChI is InChI=1S/C23H30N4O/c1-16-7-8-19(12-17(16)2)14-27-10-5-4-6-22(27)23-24-13-20-15-26(18(3)28)11-9-21(20)25-23/h7-8,12-13,22H,4-6,9-11,14-15H2,1-3H3. The van der Waals surface area contributed by atoms with Gasteiger partial charge in [-0.2, -0.15) is 0 Å². The second-order valence-corrected chi connectivity index (χ2v) is 8.29. The van der Waals surface area contributed by atoms with E-state index in [9.17, 15) is 4.79 Å². The number of amides is 1. The van der Waals surface area contributed by atoms with Gasteiger partial charge in [0, 0.05) is 44.7 Å². The molecule has 0 saturated carbocycles. The van der Waals surface area contributed by atoms with Crippen LogP contribution in [-0.2, 0) is 24.3 Å². The third-order valence-corrected chi connectivity index (χ3v) is 6.27. The van der Waals surface area contributed by atoms with E-state index in [0.29, 0.717) is 6.54 Å². The van der Waals surface area contributed by atoms with Crippen molar-refractivity contribution in [3.63, 3.8) is 0 Å². The van der Waals surface area contributed by atoms with Crippen molar-refractivity contribution in [1.82, 2.24) is 19.8 Å². The number of aromatic nitrogens is 2. The van der Waals surface area contributed by atoms with Crippen molar-refractivity contribution in [2.24, 2.45) is 0 Å². The van der Waals surface area contributed by atoms with Gasteiger partial charge in [0.2, 0.25) is 5.91 Å². The molecular weight excluding hydrogens is 348 g/mol. The Hall–Kier alpha value is -2.27. The Morgan fingerprint density at radius 3 is 2.82 bits per heavy atom. The second-order valence-electron chi connectivity index (χ2n) is 8.29. The lowest BCUT2D eigenvalue weighted by Gasteiger charge is -2.35. The molecule has 4 rings (SSSR count). The molecule has 0 spiro atoms. The quantitative estimate of drug-likeness (QED) is 0.817. The number of fused-ring (bicyclic) bond motifs is 1. The molecule has 1 atom stereocenters. The lowest BCUT2D eigenvalue weighted by Crippen LogP contribution is -2.36. The van der Waals surface area contributed by atoms with Crippen molar-refractivity contribution in [1.29, 1.82) is 0 Å². The first-order valence-electron chi connectivity index (χ1n) is 10.4. The van der Waals surface area contributed by atoms with Gasteiger partial charge in [0.25, 0.3) is 0 Å². The summed E-state index contributed by atoms with van der Waals surface area (Å²) in [6.45, 7) is 9.42. The number of rotatable bonds is 3. The topological polar surface area (TPSA) is 49.3 Å². The highest BCUT2D eigenvalue weighted by Gasteiger charge is 2.28. The SMILES string of the molecule is CC(=O)N1CCc2nc(C3CCCCN3Cc3ccc(C)c(C)c3)ncc2C1. The Balaban J connectivity index is 1.54. The van der Waals surface area contributed by atoms with Crippen LogP contribution in [0.3, 0.4) is 0 Å². The number of hydrogen-bond acceptors (Lipinski definition) is 4. The van der Waals surface area contributed by atoms with Gasteiger partial charge in [-0.1, -0.05) is 24.6 Å². The maximum absolute atomic E-state index is 11.7. The number of benzene rings is 1. The third kappa shape index (κ3) is 3.95. The van der Waals surface area contributed by atoms with Gasteiger partial charge in [-0.3, -0.25) is 9.69 Å². The Morgan fingerprint density at radius 1 is 1.18 bits per heavy atom. The summed E-state index contributed by atoms with van der Waals surface area (Å²) in [5, 5.41) is 0. The molecule has 0 bridgehead atoms. The van der Waals surface area contributed by atoms with Gasteiger partial charge in [0.05, 0.1) is 11.7 Å².